The number of nitrogens with zero attached hydrogens (tertiary/aromatic N) is 1. The lowest BCUT2D eigenvalue weighted by Crippen LogP contribution is -2.41. The first-order valence-corrected chi connectivity index (χ1v) is 6.67. The van der Waals surface area contributed by atoms with Crippen molar-refractivity contribution in [3.05, 3.63) is 23.2 Å². The predicted molar refractivity (Wildman–Crippen MR) is 76.8 cm³/mol. The number of hydrogen-bond donors (Lipinski definition) is 1. The highest BCUT2D eigenvalue weighted by atomic mass is 35.5. The van der Waals surface area contributed by atoms with Crippen LogP contribution in [0.3, 0.4) is 0 Å². The molecule has 1 aromatic heterocycles. The molecule has 1 aliphatic rings. The third kappa shape index (κ3) is 1.97. The van der Waals surface area contributed by atoms with E-state index in [2.05, 4.69) is 10.2 Å². The van der Waals surface area contributed by atoms with Crippen LogP contribution in [0, 0.1) is 0 Å². The Labute approximate surface area is 117 Å². The van der Waals surface area contributed by atoms with Gasteiger partial charge in [0.25, 0.3) is 0 Å². The third-order valence-corrected chi connectivity index (χ3v) is 4.27. The van der Waals surface area contributed by atoms with Crippen molar-refractivity contribution < 1.29 is 9.31 Å². The fraction of sp³-hybridized carbons (Fsp3) is 0.462. The van der Waals surface area contributed by atoms with Crippen LogP contribution in [0.1, 0.15) is 27.7 Å². The number of rotatable bonds is 1. The summed E-state index contributed by atoms with van der Waals surface area (Å²) in [6.45, 7) is 8.11. The zero-order valence-electron chi connectivity index (χ0n) is 11.5. The fourth-order valence-corrected chi connectivity index (χ4v) is 2.31. The van der Waals surface area contributed by atoms with E-state index in [0.29, 0.717) is 5.02 Å². The van der Waals surface area contributed by atoms with Gasteiger partial charge < -0.3 is 9.31 Å². The maximum absolute atomic E-state index is 6.04. The van der Waals surface area contributed by atoms with Gasteiger partial charge in [0.15, 0.2) is 0 Å². The highest BCUT2D eigenvalue weighted by Gasteiger charge is 2.52. The molecule has 0 spiro atoms. The van der Waals surface area contributed by atoms with E-state index in [0.717, 1.165) is 16.5 Å². The third-order valence-electron chi connectivity index (χ3n) is 4.03. The van der Waals surface area contributed by atoms with Gasteiger partial charge in [-0.25, -0.2) is 0 Å². The molecule has 6 heteroatoms. The Hall–Kier alpha value is -1.04. The van der Waals surface area contributed by atoms with Gasteiger partial charge in [0.1, 0.15) is 0 Å². The number of H-pyrrole nitrogens is 1. The minimum absolute atomic E-state index is 0.367. The van der Waals surface area contributed by atoms with E-state index >= 15 is 0 Å². The van der Waals surface area contributed by atoms with Crippen molar-refractivity contribution >= 4 is 35.2 Å². The van der Waals surface area contributed by atoms with Gasteiger partial charge in [-0.3, -0.25) is 5.10 Å². The second-order valence-electron chi connectivity index (χ2n) is 5.89. The van der Waals surface area contributed by atoms with Crippen LogP contribution in [0.2, 0.25) is 5.02 Å². The van der Waals surface area contributed by atoms with Crippen molar-refractivity contribution in [2.24, 2.45) is 0 Å². The van der Waals surface area contributed by atoms with Crippen molar-refractivity contribution in [1.29, 1.82) is 0 Å². The minimum Gasteiger partial charge on any atom is -0.398 e. The van der Waals surface area contributed by atoms with Crippen LogP contribution in [-0.2, 0) is 9.31 Å². The molecule has 0 amide bonds. The second-order valence-corrected chi connectivity index (χ2v) is 6.32. The Bertz CT molecular complexity index is 623. The molecule has 1 aliphatic heterocycles. The maximum atomic E-state index is 6.04. The Morgan fingerprint density at radius 2 is 1.79 bits per heavy atom. The molecule has 1 saturated heterocycles. The van der Waals surface area contributed by atoms with Gasteiger partial charge in [0.2, 0.25) is 0 Å². The average Bonchev–Trinajstić information content (AvgIpc) is 2.77. The van der Waals surface area contributed by atoms with Crippen molar-refractivity contribution in [2.75, 3.05) is 0 Å². The summed E-state index contributed by atoms with van der Waals surface area (Å²) in [6, 6.07) is 5.57. The molecular weight excluding hydrogens is 262 g/mol. The summed E-state index contributed by atoms with van der Waals surface area (Å²) in [5.74, 6) is 0. The summed E-state index contributed by atoms with van der Waals surface area (Å²) in [5.41, 5.74) is 0.937. The molecule has 2 aromatic rings. The van der Waals surface area contributed by atoms with Crippen LogP contribution in [0.15, 0.2) is 18.2 Å². The summed E-state index contributed by atoms with van der Waals surface area (Å²) < 4.78 is 12.0. The summed E-state index contributed by atoms with van der Waals surface area (Å²) in [4.78, 5) is 0. The van der Waals surface area contributed by atoms with E-state index in [1.807, 2.05) is 45.9 Å². The minimum atomic E-state index is -0.450. The zero-order valence-corrected chi connectivity index (χ0v) is 12.2. The molecule has 19 heavy (non-hydrogen) atoms. The number of aromatic nitrogens is 2. The first-order valence-electron chi connectivity index (χ1n) is 6.29. The Kier molecular flexibility index (Phi) is 2.72. The van der Waals surface area contributed by atoms with Crippen LogP contribution in [-0.4, -0.2) is 28.5 Å². The molecule has 0 aliphatic carbocycles. The molecular formula is C13H16BClN2O2. The molecule has 0 bridgehead atoms. The van der Waals surface area contributed by atoms with E-state index in [1.165, 1.54) is 0 Å². The molecule has 0 atom stereocenters. The van der Waals surface area contributed by atoms with Crippen molar-refractivity contribution in [1.82, 2.24) is 10.2 Å². The van der Waals surface area contributed by atoms with Gasteiger partial charge in [0.05, 0.1) is 22.3 Å². The second kappa shape index (κ2) is 3.98. The van der Waals surface area contributed by atoms with E-state index in [-0.39, 0.29) is 11.2 Å². The van der Waals surface area contributed by atoms with E-state index in [1.54, 1.807) is 0 Å². The van der Waals surface area contributed by atoms with Gasteiger partial charge >= 0.3 is 7.12 Å². The van der Waals surface area contributed by atoms with Crippen LogP contribution in [0.5, 0.6) is 0 Å². The molecule has 1 fully saturated rings. The molecule has 0 saturated carbocycles. The van der Waals surface area contributed by atoms with Crippen LogP contribution < -0.4 is 5.59 Å². The number of fused-ring (bicyclic) bond motifs is 1. The van der Waals surface area contributed by atoms with Crippen LogP contribution >= 0.6 is 11.6 Å². The number of benzene rings is 1. The zero-order chi connectivity index (χ0) is 13.8. The summed E-state index contributed by atoms with van der Waals surface area (Å²) >= 11 is 6.04. The lowest BCUT2D eigenvalue weighted by Gasteiger charge is -2.32. The Morgan fingerprint density at radius 3 is 2.42 bits per heavy atom. The first kappa shape index (κ1) is 13.0. The normalized spacial score (nSPS) is 21.2. The molecule has 0 unspecified atom stereocenters. The van der Waals surface area contributed by atoms with Crippen molar-refractivity contribution in [3.8, 4) is 0 Å². The first-order chi connectivity index (χ1) is 8.80. The quantitative estimate of drug-likeness (QED) is 0.815. The molecule has 4 nitrogen and oxygen atoms in total. The number of aromatic amines is 1. The largest absolute Gasteiger partial charge is 0.514 e. The summed E-state index contributed by atoms with van der Waals surface area (Å²) in [6.07, 6.45) is 0. The molecule has 1 aromatic carbocycles. The van der Waals surface area contributed by atoms with E-state index < -0.39 is 7.12 Å². The Morgan fingerprint density at radius 1 is 1.16 bits per heavy atom. The highest BCUT2D eigenvalue weighted by Crippen LogP contribution is 2.36. The topological polar surface area (TPSA) is 47.1 Å². The number of hydrogen-bond acceptors (Lipinski definition) is 3. The molecule has 3 rings (SSSR count). The van der Waals surface area contributed by atoms with Crippen LogP contribution in [0.4, 0.5) is 0 Å². The average molecular weight is 279 g/mol. The van der Waals surface area contributed by atoms with Gasteiger partial charge in [-0.15, -0.1) is 0 Å². The molecule has 100 valence electrons. The van der Waals surface area contributed by atoms with Gasteiger partial charge in [-0.1, -0.05) is 11.6 Å². The van der Waals surface area contributed by atoms with E-state index in [9.17, 15) is 0 Å². The van der Waals surface area contributed by atoms with E-state index in [4.69, 9.17) is 20.9 Å². The molecule has 2 heterocycles. The fourth-order valence-electron chi connectivity index (χ4n) is 2.14. The Balaban J connectivity index is 2.05. The standard InChI is InChI=1S/C13H16BClN2O2/c1-12(2)13(3,4)19-14(18-12)11-9-7-8(15)5-6-10(9)16-17-11/h5-7H,1-4H3,(H,16,17). The lowest BCUT2D eigenvalue weighted by atomic mass is 9.82. The SMILES string of the molecule is CC1(C)OB(c2[nH]nc3ccc(Cl)cc23)OC1(C)C. The molecule has 0 radical (unpaired) electrons. The summed E-state index contributed by atoms with van der Waals surface area (Å²) in [5, 5.41) is 8.86. The smallest absolute Gasteiger partial charge is 0.398 e. The summed E-state index contributed by atoms with van der Waals surface area (Å²) in [7, 11) is -0.450. The lowest BCUT2D eigenvalue weighted by molar-refractivity contribution is 0.00578. The van der Waals surface area contributed by atoms with Crippen molar-refractivity contribution in [3.63, 3.8) is 0 Å². The van der Waals surface area contributed by atoms with Crippen molar-refractivity contribution in [2.45, 2.75) is 38.9 Å². The van der Waals surface area contributed by atoms with Gasteiger partial charge in [-0.2, -0.15) is 5.10 Å². The van der Waals surface area contributed by atoms with Gasteiger partial charge in [-0.05, 0) is 45.9 Å². The van der Waals surface area contributed by atoms with Gasteiger partial charge in [0, 0.05) is 10.4 Å². The highest BCUT2D eigenvalue weighted by molar-refractivity contribution is 6.64. The molecule has 1 N–H and O–H groups in total. The van der Waals surface area contributed by atoms with Crippen LogP contribution in [0.25, 0.3) is 10.9 Å². The maximum Gasteiger partial charge on any atom is 0.514 e. The number of halogens is 1. The number of nitrogens with one attached hydrogen (secondary N) is 1. The monoisotopic (exact) mass is 278 g/mol. The predicted octanol–water partition coefficient (Wildman–Crippen LogP) is 2.52.